The number of imide groups is 1. The first-order valence-corrected chi connectivity index (χ1v) is 5.46. The van der Waals surface area contributed by atoms with E-state index < -0.39 is 0 Å². The molecule has 0 unspecified atom stereocenters. The Hall–Kier alpha value is -1.37. The molecule has 0 N–H and O–H groups in total. The van der Waals surface area contributed by atoms with Gasteiger partial charge in [0.25, 0.3) is 0 Å². The molecule has 0 aromatic carbocycles. The minimum atomic E-state index is -0.0468. The van der Waals surface area contributed by atoms with Gasteiger partial charge in [-0.2, -0.15) is 5.26 Å². The SMILES string of the molecule is N#CCCCCN1C(=O)CCCCC1=O. The molecule has 1 aliphatic heterocycles. The van der Waals surface area contributed by atoms with Crippen LogP contribution in [0.15, 0.2) is 0 Å². The zero-order chi connectivity index (χ0) is 11.1. The third-order valence-corrected chi connectivity index (χ3v) is 2.55. The van der Waals surface area contributed by atoms with Crippen molar-refractivity contribution in [1.82, 2.24) is 4.90 Å². The Balaban J connectivity index is 2.38. The molecule has 0 aliphatic carbocycles. The number of amides is 2. The van der Waals surface area contributed by atoms with Crippen LogP contribution in [0.3, 0.4) is 0 Å². The summed E-state index contributed by atoms with van der Waals surface area (Å²) in [5, 5.41) is 8.35. The zero-order valence-corrected chi connectivity index (χ0v) is 8.87. The van der Waals surface area contributed by atoms with E-state index in [2.05, 4.69) is 6.07 Å². The highest BCUT2D eigenvalue weighted by molar-refractivity contribution is 5.95. The molecular weight excluding hydrogens is 192 g/mol. The number of likely N-dealkylation sites (tertiary alicyclic amines) is 1. The van der Waals surface area contributed by atoms with Gasteiger partial charge in [-0.3, -0.25) is 14.5 Å². The molecule has 0 aromatic heterocycles. The highest BCUT2D eigenvalue weighted by atomic mass is 16.2. The highest BCUT2D eigenvalue weighted by Crippen LogP contribution is 2.13. The molecule has 0 atom stereocenters. The number of carbonyl (C=O) groups is 2. The Kier molecular flexibility index (Phi) is 4.82. The summed E-state index contributed by atoms with van der Waals surface area (Å²) in [5.41, 5.74) is 0. The van der Waals surface area contributed by atoms with Gasteiger partial charge in [0.05, 0.1) is 6.07 Å². The van der Waals surface area contributed by atoms with Gasteiger partial charge in [0, 0.05) is 25.8 Å². The fourth-order valence-electron chi connectivity index (χ4n) is 1.68. The fourth-order valence-corrected chi connectivity index (χ4v) is 1.68. The molecule has 1 rings (SSSR count). The van der Waals surface area contributed by atoms with Crippen LogP contribution in [0.25, 0.3) is 0 Å². The molecule has 1 saturated heterocycles. The summed E-state index contributed by atoms with van der Waals surface area (Å²) < 4.78 is 0. The van der Waals surface area contributed by atoms with Crippen LogP contribution in [0, 0.1) is 11.3 Å². The molecule has 1 fully saturated rings. The lowest BCUT2D eigenvalue weighted by atomic mass is 10.2. The average molecular weight is 208 g/mol. The Morgan fingerprint density at radius 2 is 1.73 bits per heavy atom. The Morgan fingerprint density at radius 3 is 2.27 bits per heavy atom. The molecule has 15 heavy (non-hydrogen) atoms. The lowest BCUT2D eigenvalue weighted by Gasteiger charge is -2.17. The van der Waals surface area contributed by atoms with Gasteiger partial charge in [0.15, 0.2) is 0 Å². The monoisotopic (exact) mass is 208 g/mol. The van der Waals surface area contributed by atoms with Gasteiger partial charge < -0.3 is 0 Å². The highest BCUT2D eigenvalue weighted by Gasteiger charge is 2.22. The van der Waals surface area contributed by atoms with Crippen molar-refractivity contribution in [2.24, 2.45) is 0 Å². The largest absolute Gasteiger partial charge is 0.283 e. The van der Waals surface area contributed by atoms with Gasteiger partial charge in [0.1, 0.15) is 0 Å². The third-order valence-electron chi connectivity index (χ3n) is 2.55. The number of rotatable bonds is 4. The van der Waals surface area contributed by atoms with Crippen molar-refractivity contribution in [2.75, 3.05) is 6.54 Å². The van der Waals surface area contributed by atoms with E-state index in [1.807, 2.05) is 0 Å². The van der Waals surface area contributed by atoms with Crippen molar-refractivity contribution >= 4 is 11.8 Å². The molecule has 1 heterocycles. The van der Waals surface area contributed by atoms with E-state index in [1.165, 1.54) is 4.90 Å². The first-order valence-electron chi connectivity index (χ1n) is 5.46. The quantitative estimate of drug-likeness (QED) is 0.521. The van der Waals surface area contributed by atoms with Crippen LogP contribution in [-0.4, -0.2) is 23.3 Å². The second-order valence-corrected chi connectivity index (χ2v) is 3.76. The molecule has 4 heteroatoms. The normalized spacial score (nSPS) is 17.4. The smallest absolute Gasteiger partial charge is 0.229 e. The molecule has 0 spiro atoms. The maximum Gasteiger partial charge on any atom is 0.229 e. The number of hydrogen-bond donors (Lipinski definition) is 0. The van der Waals surface area contributed by atoms with E-state index in [4.69, 9.17) is 5.26 Å². The summed E-state index contributed by atoms with van der Waals surface area (Å²) in [5.74, 6) is -0.0936. The van der Waals surface area contributed by atoms with Gasteiger partial charge in [0.2, 0.25) is 11.8 Å². The van der Waals surface area contributed by atoms with Gasteiger partial charge >= 0.3 is 0 Å². The van der Waals surface area contributed by atoms with Gasteiger partial charge in [-0.05, 0) is 25.7 Å². The first-order chi connectivity index (χ1) is 7.25. The van der Waals surface area contributed by atoms with Gasteiger partial charge in [-0.25, -0.2) is 0 Å². The number of nitriles is 1. The van der Waals surface area contributed by atoms with Crippen LogP contribution < -0.4 is 0 Å². The van der Waals surface area contributed by atoms with E-state index >= 15 is 0 Å². The lowest BCUT2D eigenvalue weighted by Crippen LogP contribution is -2.35. The number of unbranched alkanes of at least 4 members (excludes halogenated alkanes) is 2. The molecule has 4 nitrogen and oxygen atoms in total. The van der Waals surface area contributed by atoms with Crippen LogP contribution in [0.5, 0.6) is 0 Å². The Labute approximate surface area is 89.9 Å². The van der Waals surface area contributed by atoms with Crippen molar-refractivity contribution in [2.45, 2.75) is 44.9 Å². The lowest BCUT2D eigenvalue weighted by molar-refractivity contribution is -0.143. The molecular formula is C11H16N2O2. The van der Waals surface area contributed by atoms with Crippen LogP contribution in [0.4, 0.5) is 0 Å². The van der Waals surface area contributed by atoms with Crippen LogP contribution in [0.1, 0.15) is 44.9 Å². The predicted molar refractivity (Wildman–Crippen MR) is 54.7 cm³/mol. The van der Waals surface area contributed by atoms with Crippen LogP contribution >= 0.6 is 0 Å². The molecule has 82 valence electrons. The van der Waals surface area contributed by atoms with E-state index in [1.54, 1.807) is 0 Å². The van der Waals surface area contributed by atoms with Crippen LogP contribution in [-0.2, 0) is 9.59 Å². The average Bonchev–Trinajstić information content (AvgIpc) is 2.37. The maximum atomic E-state index is 11.5. The summed E-state index contributed by atoms with van der Waals surface area (Å²) in [7, 11) is 0. The molecule has 1 aliphatic rings. The molecule has 0 saturated carbocycles. The minimum absolute atomic E-state index is 0.0468. The Morgan fingerprint density at radius 1 is 1.13 bits per heavy atom. The summed E-state index contributed by atoms with van der Waals surface area (Å²) in [6.45, 7) is 0.485. The number of nitrogens with zero attached hydrogens (tertiary/aromatic N) is 2. The third kappa shape index (κ3) is 3.70. The summed E-state index contributed by atoms with van der Waals surface area (Å²) in [6.07, 6.45) is 4.61. The van der Waals surface area contributed by atoms with Crippen LogP contribution in [0.2, 0.25) is 0 Å². The standard InChI is InChI=1S/C11H16N2O2/c12-8-4-1-5-9-13-10(14)6-2-3-7-11(13)15/h1-7,9H2. The molecule has 2 amide bonds. The topological polar surface area (TPSA) is 61.2 Å². The second kappa shape index (κ2) is 6.18. The second-order valence-electron chi connectivity index (χ2n) is 3.76. The van der Waals surface area contributed by atoms with E-state index in [0.29, 0.717) is 25.8 Å². The number of hydrogen-bond acceptors (Lipinski definition) is 3. The molecule has 0 radical (unpaired) electrons. The van der Waals surface area contributed by atoms with Gasteiger partial charge in [-0.1, -0.05) is 0 Å². The van der Waals surface area contributed by atoms with E-state index in [9.17, 15) is 9.59 Å². The summed E-state index contributed by atoms with van der Waals surface area (Å²) in [4.78, 5) is 24.4. The van der Waals surface area contributed by atoms with Crippen molar-refractivity contribution in [1.29, 1.82) is 5.26 Å². The summed E-state index contributed by atoms with van der Waals surface area (Å²) in [6, 6.07) is 2.05. The first kappa shape index (κ1) is 11.7. The maximum absolute atomic E-state index is 11.5. The van der Waals surface area contributed by atoms with Crippen molar-refractivity contribution in [3.8, 4) is 6.07 Å². The number of carbonyl (C=O) groups excluding carboxylic acids is 2. The molecule has 0 bridgehead atoms. The van der Waals surface area contributed by atoms with E-state index in [0.717, 1.165) is 25.7 Å². The minimum Gasteiger partial charge on any atom is -0.283 e. The van der Waals surface area contributed by atoms with E-state index in [-0.39, 0.29) is 11.8 Å². The van der Waals surface area contributed by atoms with Crippen molar-refractivity contribution in [3.63, 3.8) is 0 Å². The van der Waals surface area contributed by atoms with Gasteiger partial charge in [-0.15, -0.1) is 0 Å². The fraction of sp³-hybridized carbons (Fsp3) is 0.727. The predicted octanol–water partition coefficient (Wildman–Crippen LogP) is 1.61. The van der Waals surface area contributed by atoms with Crippen molar-refractivity contribution < 1.29 is 9.59 Å². The zero-order valence-electron chi connectivity index (χ0n) is 8.87. The van der Waals surface area contributed by atoms with Crippen molar-refractivity contribution in [3.05, 3.63) is 0 Å². The Bertz CT molecular complexity index is 263. The molecule has 0 aromatic rings. The summed E-state index contributed by atoms with van der Waals surface area (Å²) >= 11 is 0.